The van der Waals surface area contributed by atoms with E-state index in [-0.39, 0.29) is 21.8 Å². The zero-order chi connectivity index (χ0) is 24.3. The van der Waals surface area contributed by atoms with Crippen LogP contribution >= 0.6 is 0 Å². The van der Waals surface area contributed by atoms with Gasteiger partial charge in [0.05, 0.1) is 11.0 Å². The van der Waals surface area contributed by atoms with Crippen LogP contribution in [0, 0.1) is 41.4 Å². The number of fused-ring (bicyclic) bond motifs is 5. The van der Waals surface area contributed by atoms with Crippen LogP contribution in [0.15, 0.2) is 45.9 Å². The third-order valence-corrected chi connectivity index (χ3v) is 11.5. The van der Waals surface area contributed by atoms with E-state index in [9.17, 15) is 13.5 Å². The summed E-state index contributed by atoms with van der Waals surface area (Å²) in [6, 6.07) is 6.88. The summed E-state index contributed by atoms with van der Waals surface area (Å²) in [7, 11) is -3.66. The van der Waals surface area contributed by atoms with Crippen LogP contribution in [0.5, 0.6) is 0 Å². The van der Waals surface area contributed by atoms with E-state index in [1.165, 1.54) is 24.8 Å². The molecule has 186 valence electrons. The number of allylic oxidation sites excluding steroid dienone is 1. The molecular weight excluding hydrogens is 444 g/mol. The van der Waals surface area contributed by atoms with Gasteiger partial charge in [-0.1, -0.05) is 43.2 Å². The number of aliphatic hydroxyl groups excluding tert-OH is 1. The normalized spacial score (nSPS) is 40.1. The van der Waals surface area contributed by atoms with Crippen molar-refractivity contribution in [2.75, 3.05) is 0 Å². The first kappa shape index (κ1) is 24.1. The molecule has 4 aliphatic carbocycles. The Morgan fingerprint density at radius 2 is 1.79 bits per heavy atom. The Balaban J connectivity index is 1.34. The molecule has 4 aliphatic rings. The molecule has 3 fully saturated rings. The number of rotatable bonds is 4. The molecule has 0 aromatic heterocycles. The van der Waals surface area contributed by atoms with Gasteiger partial charge in [-0.3, -0.25) is 0 Å². The number of aryl methyl sites for hydroxylation is 1. The van der Waals surface area contributed by atoms with E-state index in [1.54, 1.807) is 12.1 Å². The monoisotopic (exact) mass is 484 g/mol. The van der Waals surface area contributed by atoms with E-state index in [2.05, 4.69) is 29.9 Å². The number of nitrogens with zero attached hydrogens (tertiary/aromatic N) is 1. The molecule has 0 radical (unpaired) electrons. The molecule has 2 N–H and O–H groups in total. The van der Waals surface area contributed by atoms with E-state index in [0.29, 0.717) is 23.7 Å². The molecule has 0 bridgehead atoms. The molecule has 5 rings (SSSR count). The van der Waals surface area contributed by atoms with Crippen molar-refractivity contribution < 1.29 is 13.5 Å². The molecule has 6 heteroatoms. The van der Waals surface area contributed by atoms with Gasteiger partial charge in [-0.05, 0) is 106 Å². The maximum Gasteiger partial charge on any atom is 0.276 e. The SMILES string of the molecule is C/C(=N\NS(=O)(=O)c1ccc(C)cc1)[C@H]1CC[C@H]2[C@@H]3CC=C4C[C@@H](O)CC[C@]4(C)[C@H]3CC[C@]12C. The van der Waals surface area contributed by atoms with Gasteiger partial charge in [0, 0.05) is 11.6 Å². The largest absolute Gasteiger partial charge is 0.393 e. The fourth-order valence-corrected chi connectivity index (χ4v) is 9.17. The Labute approximate surface area is 205 Å². The second-order valence-electron chi connectivity index (χ2n) is 12.0. The molecule has 0 saturated heterocycles. The van der Waals surface area contributed by atoms with Gasteiger partial charge in [-0.15, -0.1) is 0 Å². The van der Waals surface area contributed by atoms with Crippen molar-refractivity contribution in [3.63, 3.8) is 0 Å². The van der Waals surface area contributed by atoms with Gasteiger partial charge in [-0.2, -0.15) is 13.5 Å². The van der Waals surface area contributed by atoms with Gasteiger partial charge in [-0.25, -0.2) is 4.83 Å². The Morgan fingerprint density at radius 1 is 1.06 bits per heavy atom. The lowest BCUT2D eigenvalue weighted by Gasteiger charge is -2.58. The number of hydrogen-bond acceptors (Lipinski definition) is 4. The quantitative estimate of drug-likeness (QED) is 0.332. The maximum atomic E-state index is 12.8. The third-order valence-electron chi connectivity index (χ3n) is 10.3. The van der Waals surface area contributed by atoms with Gasteiger partial charge in [0.25, 0.3) is 10.0 Å². The number of benzene rings is 1. The van der Waals surface area contributed by atoms with Crippen molar-refractivity contribution in [3.8, 4) is 0 Å². The summed E-state index contributed by atoms with van der Waals surface area (Å²) >= 11 is 0. The molecule has 3 saturated carbocycles. The Bertz CT molecular complexity index is 1110. The van der Waals surface area contributed by atoms with Crippen LogP contribution in [-0.2, 0) is 10.0 Å². The molecule has 7 atom stereocenters. The van der Waals surface area contributed by atoms with Crippen LogP contribution in [0.4, 0.5) is 0 Å². The highest BCUT2D eigenvalue weighted by atomic mass is 32.2. The molecule has 0 heterocycles. The smallest absolute Gasteiger partial charge is 0.276 e. The number of aliphatic hydroxyl groups is 1. The molecule has 0 unspecified atom stereocenters. The first-order valence-electron chi connectivity index (χ1n) is 13.0. The van der Waals surface area contributed by atoms with Crippen LogP contribution in [0.3, 0.4) is 0 Å². The zero-order valence-electron chi connectivity index (χ0n) is 21.0. The Hall–Kier alpha value is -1.66. The summed E-state index contributed by atoms with van der Waals surface area (Å²) in [6.45, 7) is 8.85. The van der Waals surface area contributed by atoms with Crippen molar-refractivity contribution in [3.05, 3.63) is 41.5 Å². The Morgan fingerprint density at radius 3 is 2.53 bits per heavy atom. The molecule has 0 amide bonds. The van der Waals surface area contributed by atoms with Gasteiger partial charge < -0.3 is 5.11 Å². The van der Waals surface area contributed by atoms with Crippen LogP contribution < -0.4 is 4.83 Å². The lowest BCUT2D eigenvalue weighted by Crippen LogP contribution is -2.51. The van der Waals surface area contributed by atoms with Crippen molar-refractivity contribution in [2.24, 2.45) is 39.6 Å². The minimum atomic E-state index is -3.66. The summed E-state index contributed by atoms with van der Waals surface area (Å²) in [5.74, 6) is 2.35. The topological polar surface area (TPSA) is 78.8 Å². The number of hydrazone groups is 1. The zero-order valence-corrected chi connectivity index (χ0v) is 21.9. The average Bonchev–Trinajstić information content (AvgIpc) is 3.15. The predicted molar refractivity (Wildman–Crippen MR) is 136 cm³/mol. The first-order valence-corrected chi connectivity index (χ1v) is 14.5. The second-order valence-corrected chi connectivity index (χ2v) is 13.7. The lowest BCUT2D eigenvalue weighted by atomic mass is 9.47. The second kappa shape index (κ2) is 8.48. The minimum Gasteiger partial charge on any atom is -0.393 e. The van der Waals surface area contributed by atoms with Crippen LogP contribution in [0.1, 0.15) is 77.7 Å². The van der Waals surface area contributed by atoms with Gasteiger partial charge >= 0.3 is 0 Å². The fraction of sp³-hybridized carbons (Fsp3) is 0.679. The van der Waals surface area contributed by atoms with E-state index in [0.717, 1.165) is 43.4 Å². The molecule has 5 nitrogen and oxygen atoms in total. The van der Waals surface area contributed by atoms with Crippen molar-refractivity contribution in [1.29, 1.82) is 0 Å². The summed E-state index contributed by atoms with van der Waals surface area (Å²) in [5.41, 5.74) is 3.86. The molecule has 0 spiro atoms. The molecular formula is C28H40N2O3S. The molecule has 1 aromatic carbocycles. The van der Waals surface area contributed by atoms with E-state index in [1.807, 2.05) is 26.0 Å². The van der Waals surface area contributed by atoms with Crippen LogP contribution in [0.2, 0.25) is 0 Å². The van der Waals surface area contributed by atoms with Crippen LogP contribution in [0.25, 0.3) is 0 Å². The standard InChI is InChI=1S/C28H40N2O3S/c1-18-5-8-22(9-6-18)34(32,33)30-29-19(2)24-11-12-25-23-10-7-20-17-21(31)13-15-27(20,3)26(23)14-16-28(24,25)4/h5-9,21,23-26,30-31H,10-17H2,1-4H3/b29-19+/t21-,23-,24+,25-,26-,27-,28+/m0/s1. The minimum absolute atomic E-state index is 0.164. The number of nitrogens with one attached hydrogen (secondary N) is 1. The summed E-state index contributed by atoms with van der Waals surface area (Å²) in [4.78, 5) is 2.77. The van der Waals surface area contributed by atoms with Crippen molar-refractivity contribution in [1.82, 2.24) is 4.83 Å². The van der Waals surface area contributed by atoms with Crippen molar-refractivity contribution >= 4 is 15.7 Å². The average molecular weight is 485 g/mol. The number of hydrogen-bond donors (Lipinski definition) is 2. The lowest BCUT2D eigenvalue weighted by molar-refractivity contribution is -0.0423. The van der Waals surface area contributed by atoms with E-state index < -0.39 is 10.0 Å². The Kier molecular flexibility index (Phi) is 6.00. The molecule has 34 heavy (non-hydrogen) atoms. The summed E-state index contributed by atoms with van der Waals surface area (Å²) < 4.78 is 25.5. The molecule has 0 aliphatic heterocycles. The highest BCUT2D eigenvalue weighted by Crippen LogP contribution is 2.66. The summed E-state index contributed by atoms with van der Waals surface area (Å²) in [5, 5.41) is 14.7. The van der Waals surface area contributed by atoms with Gasteiger partial charge in [0.1, 0.15) is 0 Å². The maximum absolute atomic E-state index is 12.8. The first-order chi connectivity index (χ1) is 16.0. The van der Waals surface area contributed by atoms with E-state index in [4.69, 9.17) is 0 Å². The fourth-order valence-electron chi connectivity index (χ4n) is 8.31. The van der Waals surface area contributed by atoms with Crippen molar-refractivity contribution in [2.45, 2.75) is 90.1 Å². The highest BCUT2D eigenvalue weighted by Gasteiger charge is 2.59. The van der Waals surface area contributed by atoms with Crippen LogP contribution in [-0.4, -0.2) is 25.3 Å². The summed E-state index contributed by atoms with van der Waals surface area (Å²) in [6.07, 6.45) is 11.0. The highest BCUT2D eigenvalue weighted by molar-refractivity contribution is 7.89. The third kappa shape index (κ3) is 3.85. The van der Waals surface area contributed by atoms with Gasteiger partial charge in [0.15, 0.2) is 0 Å². The number of sulfonamides is 1. The molecule has 1 aromatic rings. The van der Waals surface area contributed by atoms with E-state index >= 15 is 0 Å². The predicted octanol–water partition coefficient (Wildman–Crippen LogP) is 5.59. The van der Waals surface area contributed by atoms with Gasteiger partial charge in [0.2, 0.25) is 0 Å².